The number of piperidine rings is 1. The van der Waals surface area contributed by atoms with Crippen LogP contribution in [0.4, 0.5) is 0 Å². The van der Waals surface area contributed by atoms with Gasteiger partial charge in [-0.15, -0.1) is 0 Å². The summed E-state index contributed by atoms with van der Waals surface area (Å²) in [5.74, 6) is 0.754. The Kier molecular flexibility index (Phi) is 4.83. The van der Waals surface area contributed by atoms with Gasteiger partial charge >= 0.3 is 0 Å². The lowest BCUT2D eigenvalue weighted by atomic mass is 9.94. The second kappa shape index (κ2) is 7.28. The summed E-state index contributed by atoms with van der Waals surface area (Å²) in [4.78, 5) is 12.2. The Bertz CT molecular complexity index is 960. The van der Waals surface area contributed by atoms with E-state index >= 15 is 0 Å². The molecule has 0 amide bonds. The van der Waals surface area contributed by atoms with Gasteiger partial charge in [-0.1, -0.05) is 13.0 Å². The quantitative estimate of drug-likeness (QED) is 0.727. The number of fused-ring (bicyclic) bond motifs is 1. The van der Waals surface area contributed by atoms with E-state index in [2.05, 4.69) is 30.0 Å². The molecule has 1 aliphatic rings. The van der Waals surface area contributed by atoms with Crippen molar-refractivity contribution in [3.63, 3.8) is 0 Å². The minimum atomic E-state index is 0.279. The van der Waals surface area contributed by atoms with E-state index in [1.807, 2.05) is 26.0 Å². The number of pyridine rings is 2. The maximum Gasteiger partial charge on any atom is 0.160 e. The second-order valence-electron chi connectivity index (χ2n) is 7.69. The number of benzene rings is 1. The van der Waals surface area contributed by atoms with Crippen LogP contribution in [-0.2, 0) is 0 Å². The van der Waals surface area contributed by atoms with Gasteiger partial charge in [-0.2, -0.15) is 0 Å². The van der Waals surface area contributed by atoms with Crippen LogP contribution in [0.15, 0.2) is 36.4 Å². The Hall–Kier alpha value is -2.46. The number of aromatic hydroxyl groups is 1. The molecule has 1 atom stereocenters. The molecular weight excluding hydrogens is 334 g/mol. The predicted octanol–water partition coefficient (Wildman–Crippen LogP) is 4.82. The van der Waals surface area contributed by atoms with Gasteiger partial charge in [0.1, 0.15) is 5.75 Å². The topological polar surface area (TPSA) is 49.2 Å². The minimum Gasteiger partial charge on any atom is -0.507 e. The van der Waals surface area contributed by atoms with Crippen LogP contribution >= 0.6 is 0 Å². The highest BCUT2D eigenvalue weighted by atomic mass is 16.3. The van der Waals surface area contributed by atoms with Gasteiger partial charge in [0, 0.05) is 29.1 Å². The number of phenols is 1. The van der Waals surface area contributed by atoms with Gasteiger partial charge in [0.05, 0.1) is 5.69 Å². The zero-order chi connectivity index (χ0) is 19.0. The van der Waals surface area contributed by atoms with Crippen molar-refractivity contribution in [3.8, 4) is 17.0 Å². The molecule has 4 nitrogen and oxygen atoms in total. The van der Waals surface area contributed by atoms with Gasteiger partial charge < -0.3 is 10.0 Å². The van der Waals surface area contributed by atoms with Crippen molar-refractivity contribution in [2.75, 3.05) is 19.6 Å². The number of hydrogen-bond donors (Lipinski definition) is 1. The SMILES string of the molecule is CCN1CCCC(c2ccc3ccc(-c4c(C)cc(C)cc4O)nc3n2)C1. The lowest BCUT2D eigenvalue weighted by molar-refractivity contribution is 0.216. The van der Waals surface area contributed by atoms with E-state index in [1.54, 1.807) is 6.07 Å². The third kappa shape index (κ3) is 3.54. The molecule has 1 N–H and O–H groups in total. The van der Waals surface area contributed by atoms with Gasteiger partial charge in [-0.05, 0) is 81.2 Å². The number of rotatable bonds is 3. The van der Waals surface area contributed by atoms with Gasteiger partial charge in [0.25, 0.3) is 0 Å². The molecule has 1 aliphatic heterocycles. The molecule has 4 heteroatoms. The van der Waals surface area contributed by atoms with Crippen LogP contribution in [0.5, 0.6) is 5.75 Å². The summed E-state index contributed by atoms with van der Waals surface area (Å²) in [6, 6.07) is 12.2. The van der Waals surface area contributed by atoms with Gasteiger partial charge in [0.15, 0.2) is 5.65 Å². The Morgan fingerprint density at radius 1 is 1.11 bits per heavy atom. The maximum atomic E-state index is 10.4. The number of aryl methyl sites for hydroxylation is 2. The molecular formula is C23H27N3O. The van der Waals surface area contributed by atoms with Crippen LogP contribution in [0.25, 0.3) is 22.3 Å². The first kappa shape index (κ1) is 17.9. The van der Waals surface area contributed by atoms with E-state index in [9.17, 15) is 5.11 Å². The average molecular weight is 361 g/mol. The summed E-state index contributed by atoms with van der Waals surface area (Å²) in [5.41, 5.74) is 5.55. The van der Waals surface area contributed by atoms with E-state index < -0.39 is 0 Å². The van der Waals surface area contributed by atoms with Gasteiger partial charge in [-0.3, -0.25) is 0 Å². The van der Waals surface area contributed by atoms with E-state index in [1.165, 1.54) is 19.4 Å². The fourth-order valence-electron chi connectivity index (χ4n) is 4.24. The van der Waals surface area contributed by atoms with Crippen LogP contribution < -0.4 is 0 Å². The summed E-state index contributed by atoms with van der Waals surface area (Å²) in [5, 5.41) is 11.5. The van der Waals surface area contributed by atoms with Crippen LogP contribution in [0.2, 0.25) is 0 Å². The zero-order valence-electron chi connectivity index (χ0n) is 16.4. The standard InChI is InChI=1S/C23H27N3O/c1-4-26-11-5-6-18(14-26)19-9-7-17-8-10-20(25-23(17)24-19)22-16(3)12-15(2)13-21(22)27/h7-10,12-13,18,27H,4-6,11,14H2,1-3H3. The average Bonchev–Trinajstić information content (AvgIpc) is 2.66. The van der Waals surface area contributed by atoms with Crippen molar-refractivity contribution >= 4 is 11.0 Å². The normalized spacial score (nSPS) is 18.1. The summed E-state index contributed by atoms with van der Waals surface area (Å²) in [7, 11) is 0. The van der Waals surface area contributed by atoms with Crippen molar-refractivity contribution in [2.24, 2.45) is 0 Å². The minimum absolute atomic E-state index is 0.279. The molecule has 0 bridgehead atoms. The fourth-order valence-corrected chi connectivity index (χ4v) is 4.24. The predicted molar refractivity (Wildman–Crippen MR) is 110 cm³/mol. The fraction of sp³-hybridized carbons (Fsp3) is 0.391. The van der Waals surface area contributed by atoms with Gasteiger partial charge in [-0.25, -0.2) is 9.97 Å². The van der Waals surface area contributed by atoms with Crippen LogP contribution in [0.1, 0.15) is 42.5 Å². The van der Waals surface area contributed by atoms with E-state index in [0.29, 0.717) is 5.92 Å². The lowest BCUT2D eigenvalue weighted by Gasteiger charge is -2.31. The molecule has 27 heavy (non-hydrogen) atoms. The highest BCUT2D eigenvalue weighted by Gasteiger charge is 2.21. The monoisotopic (exact) mass is 361 g/mol. The Morgan fingerprint density at radius 2 is 1.93 bits per heavy atom. The highest BCUT2D eigenvalue weighted by molar-refractivity contribution is 5.81. The molecule has 1 fully saturated rings. The van der Waals surface area contributed by atoms with E-state index in [0.717, 1.165) is 52.2 Å². The number of aromatic nitrogens is 2. The number of nitrogens with zero attached hydrogens (tertiary/aromatic N) is 3. The molecule has 0 saturated carbocycles. The van der Waals surface area contributed by atoms with Crippen LogP contribution in [-0.4, -0.2) is 39.6 Å². The lowest BCUT2D eigenvalue weighted by Crippen LogP contribution is -2.34. The van der Waals surface area contributed by atoms with Crippen molar-refractivity contribution in [3.05, 3.63) is 53.2 Å². The number of likely N-dealkylation sites (N-methyl/N-ethyl adjacent to an activating group) is 1. The summed E-state index contributed by atoms with van der Waals surface area (Å²) >= 11 is 0. The first-order valence-corrected chi connectivity index (χ1v) is 9.86. The highest BCUT2D eigenvalue weighted by Crippen LogP contribution is 2.33. The van der Waals surface area contributed by atoms with E-state index in [4.69, 9.17) is 9.97 Å². The Balaban J connectivity index is 1.74. The zero-order valence-corrected chi connectivity index (χ0v) is 16.4. The van der Waals surface area contributed by atoms with Crippen molar-refractivity contribution in [1.29, 1.82) is 0 Å². The summed E-state index contributed by atoms with van der Waals surface area (Å²) < 4.78 is 0. The Labute approximate surface area is 160 Å². The van der Waals surface area contributed by atoms with Crippen LogP contribution in [0.3, 0.4) is 0 Å². The maximum absolute atomic E-state index is 10.4. The van der Waals surface area contributed by atoms with Crippen LogP contribution in [0, 0.1) is 13.8 Å². The molecule has 0 aliphatic carbocycles. The molecule has 1 aromatic carbocycles. The van der Waals surface area contributed by atoms with Gasteiger partial charge in [0.2, 0.25) is 0 Å². The van der Waals surface area contributed by atoms with Crippen molar-refractivity contribution in [1.82, 2.24) is 14.9 Å². The smallest absolute Gasteiger partial charge is 0.160 e. The van der Waals surface area contributed by atoms with E-state index in [-0.39, 0.29) is 5.75 Å². The molecule has 3 aromatic rings. The number of hydrogen-bond acceptors (Lipinski definition) is 4. The third-order valence-electron chi connectivity index (χ3n) is 5.66. The first-order valence-electron chi connectivity index (χ1n) is 9.86. The molecule has 4 rings (SSSR count). The molecule has 0 radical (unpaired) electrons. The third-order valence-corrected chi connectivity index (χ3v) is 5.66. The van der Waals surface area contributed by atoms with Crippen molar-refractivity contribution in [2.45, 2.75) is 39.5 Å². The molecule has 3 heterocycles. The number of phenolic OH excluding ortho intramolecular Hbond substituents is 1. The largest absolute Gasteiger partial charge is 0.507 e. The summed E-state index contributed by atoms with van der Waals surface area (Å²) in [6.07, 6.45) is 2.41. The molecule has 1 unspecified atom stereocenters. The first-order chi connectivity index (χ1) is 13.0. The molecule has 2 aromatic heterocycles. The number of likely N-dealkylation sites (tertiary alicyclic amines) is 1. The second-order valence-corrected chi connectivity index (χ2v) is 7.69. The molecule has 140 valence electrons. The molecule has 0 spiro atoms. The van der Waals surface area contributed by atoms with Crippen molar-refractivity contribution < 1.29 is 5.11 Å². The molecule has 1 saturated heterocycles. The Morgan fingerprint density at radius 3 is 2.70 bits per heavy atom. The summed E-state index contributed by atoms with van der Waals surface area (Å²) in [6.45, 7) is 9.58.